The molecule has 0 saturated carbocycles. The predicted octanol–water partition coefficient (Wildman–Crippen LogP) is 5.07. The molecule has 0 aliphatic heterocycles. The number of benzene rings is 2. The lowest BCUT2D eigenvalue weighted by Gasteiger charge is -2.12. The van der Waals surface area contributed by atoms with Gasteiger partial charge in [-0.1, -0.05) is 25.3 Å². The molecule has 0 aromatic heterocycles. The summed E-state index contributed by atoms with van der Waals surface area (Å²) >= 11 is 0. The first-order valence-electron chi connectivity index (χ1n) is 7.97. The number of nitrogens with two attached hydrogens (primary N) is 1. The second-order valence-electron chi connectivity index (χ2n) is 5.80. The van der Waals surface area contributed by atoms with Crippen molar-refractivity contribution in [2.24, 2.45) is 0 Å². The van der Waals surface area contributed by atoms with Crippen LogP contribution in [0.2, 0.25) is 0 Å². The van der Waals surface area contributed by atoms with Crippen LogP contribution in [0.25, 0.3) is 11.1 Å². The molecule has 138 valence electrons. The number of hydrogen-bond acceptors (Lipinski definition) is 3. The van der Waals surface area contributed by atoms with Gasteiger partial charge in [0, 0.05) is 23.2 Å². The van der Waals surface area contributed by atoms with Gasteiger partial charge in [-0.05, 0) is 54.0 Å². The van der Waals surface area contributed by atoms with E-state index in [0.717, 1.165) is 22.8 Å². The zero-order valence-corrected chi connectivity index (χ0v) is 14.8. The number of hydrogen-bond donors (Lipinski definition) is 3. The van der Waals surface area contributed by atoms with Crippen LogP contribution in [0.3, 0.4) is 0 Å². The number of halogens is 2. The van der Waals surface area contributed by atoms with Crippen LogP contribution in [0.1, 0.15) is 11.1 Å². The summed E-state index contributed by atoms with van der Waals surface area (Å²) < 4.78 is 27.0. The Labute approximate surface area is 156 Å². The molecule has 0 heterocycles. The van der Waals surface area contributed by atoms with Crippen molar-refractivity contribution in [1.82, 2.24) is 0 Å². The second-order valence-corrected chi connectivity index (χ2v) is 5.80. The van der Waals surface area contributed by atoms with E-state index in [-0.39, 0.29) is 0 Å². The molecule has 0 unspecified atom stereocenters. The molecule has 0 atom stereocenters. The molecule has 1 amide bonds. The Balaban J connectivity index is 2.31. The minimum atomic E-state index is -1.18. The first-order chi connectivity index (χ1) is 12.8. The van der Waals surface area contributed by atoms with Gasteiger partial charge in [-0.15, -0.1) is 0 Å². The van der Waals surface area contributed by atoms with Crippen molar-refractivity contribution in [3.8, 4) is 11.1 Å². The van der Waals surface area contributed by atoms with Gasteiger partial charge in [-0.3, -0.25) is 4.79 Å². The third kappa shape index (κ3) is 4.36. The Bertz CT molecular complexity index is 960. The number of nitrogens with one attached hydrogen (secondary N) is 2. The maximum atomic E-state index is 13.6. The number of aryl methyl sites for hydroxylation is 1. The van der Waals surface area contributed by atoms with Gasteiger partial charge in [0.2, 0.25) is 0 Å². The molecular weight excluding hydrogens is 348 g/mol. The number of anilines is 2. The molecule has 0 spiro atoms. The minimum Gasteiger partial charge on any atom is -0.398 e. The number of nitrogen functional groups attached to an aromatic ring is 1. The third-order valence-corrected chi connectivity index (χ3v) is 3.96. The third-order valence-electron chi connectivity index (χ3n) is 3.96. The number of rotatable bonds is 6. The summed E-state index contributed by atoms with van der Waals surface area (Å²) in [6.45, 7) is 8.05. The summed E-state index contributed by atoms with van der Waals surface area (Å²) in [5.41, 5.74) is 9.22. The van der Waals surface area contributed by atoms with Gasteiger partial charge in [0.1, 0.15) is 17.2 Å². The molecule has 2 rings (SSSR count). The lowest BCUT2D eigenvalue weighted by atomic mass is 9.97. The van der Waals surface area contributed by atoms with Crippen molar-refractivity contribution in [3.05, 3.63) is 84.0 Å². The predicted molar refractivity (Wildman–Crippen MR) is 106 cm³/mol. The van der Waals surface area contributed by atoms with Crippen LogP contribution in [0, 0.1) is 12.3 Å². The van der Waals surface area contributed by atoms with Crippen LogP contribution in [0.4, 0.5) is 20.2 Å². The largest absolute Gasteiger partial charge is 0.398 e. The van der Waals surface area contributed by atoms with E-state index in [9.17, 15) is 13.6 Å². The average molecular weight is 367 g/mol. The van der Waals surface area contributed by atoms with E-state index < -0.39 is 23.1 Å². The molecule has 2 aromatic rings. The van der Waals surface area contributed by atoms with Gasteiger partial charge in [-0.25, -0.2) is 8.78 Å². The van der Waals surface area contributed by atoms with Gasteiger partial charge >= 0.3 is 0 Å². The van der Waals surface area contributed by atoms with Gasteiger partial charge in [0.25, 0.3) is 5.91 Å². The average Bonchev–Trinajstić information content (AvgIpc) is 2.62. The monoisotopic (exact) mass is 367 g/mol. The maximum Gasteiger partial charge on any atom is 0.261 e. The van der Waals surface area contributed by atoms with Crippen LogP contribution in [0.5, 0.6) is 0 Å². The van der Waals surface area contributed by atoms with Crippen LogP contribution < -0.4 is 11.1 Å². The SMILES string of the molecule is C=C/C(F)=C(\C(=C)F)C(=O)Nc1ccc(-c2cc(C=N)c(N)cc2C)cc1. The molecule has 0 saturated heterocycles. The standard InChI is InChI=1S/C21H19F2N3O/c1-4-18(23)20(13(3)22)21(27)26-16-7-5-14(6-8-16)17-10-15(11-24)19(25)9-12(17)2/h4-11,24H,1,3,25H2,2H3,(H,26,27)/b20-18-,24-11?. The van der Waals surface area contributed by atoms with Crippen molar-refractivity contribution in [2.75, 3.05) is 11.1 Å². The first kappa shape index (κ1) is 19.8. The fourth-order valence-electron chi connectivity index (χ4n) is 2.57. The second kappa shape index (κ2) is 8.23. The highest BCUT2D eigenvalue weighted by Gasteiger charge is 2.18. The highest BCUT2D eigenvalue weighted by Crippen LogP contribution is 2.28. The summed E-state index contributed by atoms with van der Waals surface area (Å²) in [6, 6.07) is 10.3. The fraction of sp³-hybridized carbons (Fsp3) is 0.0476. The quantitative estimate of drug-likeness (QED) is 0.288. The van der Waals surface area contributed by atoms with E-state index in [1.807, 2.05) is 6.92 Å². The van der Waals surface area contributed by atoms with E-state index in [0.29, 0.717) is 16.9 Å². The van der Waals surface area contributed by atoms with Crippen LogP contribution in [0.15, 0.2) is 72.9 Å². The number of carbonyl (C=O) groups is 1. The Kier molecular flexibility index (Phi) is 6.03. The highest BCUT2D eigenvalue weighted by atomic mass is 19.1. The zero-order chi connectivity index (χ0) is 20.1. The zero-order valence-electron chi connectivity index (χ0n) is 14.8. The molecule has 4 nitrogen and oxygen atoms in total. The van der Waals surface area contributed by atoms with E-state index in [1.54, 1.807) is 36.4 Å². The molecule has 4 N–H and O–H groups in total. The van der Waals surface area contributed by atoms with Crippen LogP contribution in [-0.2, 0) is 4.79 Å². The Morgan fingerprint density at radius 1 is 1.22 bits per heavy atom. The molecule has 0 aliphatic rings. The lowest BCUT2D eigenvalue weighted by molar-refractivity contribution is -0.112. The van der Waals surface area contributed by atoms with Gasteiger partial charge in [-0.2, -0.15) is 0 Å². The van der Waals surface area contributed by atoms with Crippen molar-refractivity contribution in [2.45, 2.75) is 6.92 Å². The van der Waals surface area contributed by atoms with Gasteiger partial charge in [0.05, 0.1) is 0 Å². The Hall–Kier alpha value is -3.54. The van der Waals surface area contributed by atoms with E-state index in [4.69, 9.17) is 11.1 Å². The summed E-state index contributed by atoms with van der Waals surface area (Å²) in [7, 11) is 0. The summed E-state index contributed by atoms with van der Waals surface area (Å²) in [4.78, 5) is 12.1. The van der Waals surface area contributed by atoms with Crippen LogP contribution >= 0.6 is 0 Å². The van der Waals surface area contributed by atoms with Crippen LogP contribution in [-0.4, -0.2) is 12.1 Å². The molecule has 0 bridgehead atoms. The normalized spacial score (nSPS) is 11.4. The maximum absolute atomic E-state index is 13.6. The molecule has 6 heteroatoms. The lowest BCUT2D eigenvalue weighted by Crippen LogP contribution is -2.15. The number of amides is 1. The molecule has 2 aromatic carbocycles. The molecule has 27 heavy (non-hydrogen) atoms. The Morgan fingerprint density at radius 2 is 1.85 bits per heavy atom. The molecule has 0 aliphatic carbocycles. The van der Waals surface area contributed by atoms with Crippen molar-refractivity contribution in [3.63, 3.8) is 0 Å². The van der Waals surface area contributed by atoms with E-state index in [2.05, 4.69) is 18.5 Å². The van der Waals surface area contributed by atoms with E-state index >= 15 is 0 Å². The highest BCUT2D eigenvalue weighted by molar-refractivity contribution is 6.07. The first-order valence-corrected chi connectivity index (χ1v) is 7.97. The summed E-state index contributed by atoms with van der Waals surface area (Å²) in [5, 5.41) is 9.84. The van der Waals surface area contributed by atoms with Crippen molar-refractivity contribution < 1.29 is 13.6 Å². The Morgan fingerprint density at radius 3 is 2.37 bits per heavy atom. The fourth-order valence-corrected chi connectivity index (χ4v) is 2.57. The van der Waals surface area contributed by atoms with E-state index in [1.165, 1.54) is 6.21 Å². The minimum absolute atomic E-state index is 0.361. The summed E-state index contributed by atoms with van der Waals surface area (Å²) in [6.07, 6.45) is 1.92. The van der Waals surface area contributed by atoms with Gasteiger partial charge < -0.3 is 16.5 Å². The molecule has 0 fully saturated rings. The topological polar surface area (TPSA) is 79.0 Å². The molecular formula is C21H19F2N3O. The smallest absolute Gasteiger partial charge is 0.261 e. The number of carbonyl (C=O) groups excluding carboxylic acids is 1. The van der Waals surface area contributed by atoms with Gasteiger partial charge in [0.15, 0.2) is 0 Å². The summed E-state index contributed by atoms with van der Waals surface area (Å²) in [5.74, 6) is -3.23. The van der Waals surface area contributed by atoms with Crippen molar-refractivity contribution >= 4 is 23.5 Å². The molecule has 0 radical (unpaired) electrons. The number of allylic oxidation sites excluding steroid dienone is 2. The van der Waals surface area contributed by atoms with Crippen molar-refractivity contribution in [1.29, 1.82) is 5.41 Å².